The van der Waals surface area contributed by atoms with Crippen LogP contribution in [0.3, 0.4) is 0 Å². The third kappa shape index (κ3) is 3.17. The first kappa shape index (κ1) is 11.9. The molecule has 0 saturated heterocycles. The van der Waals surface area contributed by atoms with Crippen molar-refractivity contribution in [3.05, 3.63) is 48.0 Å². The van der Waals surface area contributed by atoms with Gasteiger partial charge in [-0.05, 0) is 30.3 Å². The number of benzene rings is 1. The number of aromatic nitrogens is 2. The monoisotopic (exact) mass is 250 g/mol. The molecule has 2 rings (SSSR count). The molecule has 3 nitrogen and oxygen atoms in total. The van der Waals surface area contributed by atoms with Crippen LogP contribution in [0.5, 0.6) is 0 Å². The van der Waals surface area contributed by atoms with E-state index in [2.05, 4.69) is 5.10 Å². The Morgan fingerprint density at radius 2 is 2.06 bits per heavy atom. The van der Waals surface area contributed by atoms with Crippen LogP contribution in [0.1, 0.15) is 10.5 Å². The second-order valence-corrected chi connectivity index (χ2v) is 4.59. The third-order valence-corrected chi connectivity index (χ3v) is 3.19. The second kappa shape index (κ2) is 5.14. The van der Waals surface area contributed by atoms with Gasteiger partial charge in [-0.2, -0.15) is 5.10 Å². The van der Waals surface area contributed by atoms with Gasteiger partial charge in [-0.25, -0.2) is 4.39 Å². The summed E-state index contributed by atoms with van der Waals surface area (Å²) in [4.78, 5) is 12.6. The van der Waals surface area contributed by atoms with E-state index in [1.54, 1.807) is 36.1 Å². The lowest BCUT2D eigenvalue weighted by molar-refractivity contribution is 0.101. The molecule has 17 heavy (non-hydrogen) atoms. The summed E-state index contributed by atoms with van der Waals surface area (Å²) in [5.41, 5.74) is 0.460. The number of hydrogen-bond donors (Lipinski definition) is 0. The molecule has 0 spiro atoms. The van der Waals surface area contributed by atoms with Crippen molar-refractivity contribution in [1.29, 1.82) is 0 Å². The Kier molecular flexibility index (Phi) is 3.58. The maximum absolute atomic E-state index is 12.7. The standard InChI is InChI=1S/C12H11FN2OS/c1-15-7-6-11(14-15)12(16)8-17-10-4-2-9(13)3-5-10/h2-7H,8H2,1H3. The smallest absolute Gasteiger partial charge is 0.193 e. The molecule has 0 saturated carbocycles. The SMILES string of the molecule is Cn1ccc(C(=O)CSc2ccc(F)cc2)n1. The summed E-state index contributed by atoms with van der Waals surface area (Å²) in [6.45, 7) is 0. The van der Waals surface area contributed by atoms with E-state index in [-0.39, 0.29) is 11.6 Å². The molecule has 1 heterocycles. The van der Waals surface area contributed by atoms with E-state index in [1.807, 2.05) is 0 Å². The number of carbonyl (C=O) groups is 1. The largest absolute Gasteiger partial charge is 0.291 e. The minimum Gasteiger partial charge on any atom is -0.291 e. The summed E-state index contributed by atoms with van der Waals surface area (Å²) in [5, 5.41) is 4.03. The van der Waals surface area contributed by atoms with Crippen LogP contribution in [0.15, 0.2) is 41.4 Å². The maximum atomic E-state index is 12.7. The van der Waals surface area contributed by atoms with Gasteiger partial charge in [-0.3, -0.25) is 9.48 Å². The number of aryl methyl sites for hydroxylation is 1. The summed E-state index contributed by atoms with van der Waals surface area (Å²) in [6.07, 6.45) is 1.73. The van der Waals surface area contributed by atoms with Crippen molar-refractivity contribution in [3.63, 3.8) is 0 Å². The van der Waals surface area contributed by atoms with Crippen molar-refractivity contribution in [2.45, 2.75) is 4.90 Å². The Morgan fingerprint density at radius 3 is 2.65 bits per heavy atom. The van der Waals surface area contributed by atoms with Crippen molar-refractivity contribution in [2.75, 3.05) is 5.75 Å². The highest BCUT2D eigenvalue weighted by Gasteiger charge is 2.09. The van der Waals surface area contributed by atoms with Crippen LogP contribution in [0.2, 0.25) is 0 Å². The quantitative estimate of drug-likeness (QED) is 0.618. The molecule has 0 atom stereocenters. The van der Waals surface area contributed by atoms with Crippen LogP contribution in [0, 0.1) is 5.82 Å². The van der Waals surface area contributed by atoms with Crippen LogP contribution >= 0.6 is 11.8 Å². The minimum absolute atomic E-state index is 0.0278. The lowest BCUT2D eigenvalue weighted by atomic mass is 10.3. The van der Waals surface area contributed by atoms with E-state index in [1.165, 1.54) is 23.9 Å². The Bertz CT molecular complexity index is 522. The first-order valence-electron chi connectivity index (χ1n) is 5.06. The number of thioether (sulfide) groups is 1. The first-order valence-corrected chi connectivity index (χ1v) is 6.05. The molecule has 0 amide bonds. The van der Waals surface area contributed by atoms with Crippen LogP contribution in [0.4, 0.5) is 4.39 Å². The lowest BCUT2D eigenvalue weighted by Gasteiger charge is -1.99. The van der Waals surface area contributed by atoms with Gasteiger partial charge in [0.25, 0.3) is 0 Å². The molecule has 0 aliphatic heterocycles. The average Bonchev–Trinajstić information content (AvgIpc) is 2.75. The van der Waals surface area contributed by atoms with Crippen LogP contribution in [0.25, 0.3) is 0 Å². The first-order chi connectivity index (χ1) is 8.15. The molecule has 2 aromatic rings. The normalized spacial score (nSPS) is 10.5. The Hall–Kier alpha value is -1.62. The molecule has 0 aliphatic carbocycles. The predicted molar refractivity (Wildman–Crippen MR) is 64.7 cm³/mol. The summed E-state index contributed by atoms with van der Waals surface area (Å²) < 4.78 is 14.3. The van der Waals surface area contributed by atoms with Crippen molar-refractivity contribution < 1.29 is 9.18 Å². The number of rotatable bonds is 4. The van der Waals surface area contributed by atoms with E-state index in [9.17, 15) is 9.18 Å². The van der Waals surface area contributed by atoms with Gasteiger partial charge in [-0.1, -0.05) is 0 Å². The highest BCUT2D eigenvalue weighted by Crippen LogP contribution is 2.19. The van der Waals surface area contributed by atoms with E-state index in [0.717, 1.165) is 4.90 Å². The van der Waals surface area contributed by atoms with Crippen molar-refractivity contribution in [2.24, 2.45) is 7.05 Å². The lowest BCUT2D eigenvalue weighted by Crippen LogP contribution is -2.04. The summed E-state index contributed by atoms with van der Waals surface area (Å²) in [6, 6.07) is 7.77. The molecular formula is C12H11FN2OS. The molecule has 1 aromatic carbocycles. The summed E-state index contributed by atoms with van der Waals surface area (Å²) >= 11 is 1.38. The molecular weight excluding hydrogens is 239 g/mol. The fourth-order valence-electron chi connectivity index (χ4n) is 1.32. The fourth-order valence-corrected chi connectivity index (χ4v) is 2.09. The molecule has 1 aromatic heterocycles. The molecule has 5 heteroatoms. The van der Waals surface area contributed by atoms with E-state index < -0.39 is 0 Å². The van der Waals surface area contributed by atoms with Gasteiger partial charge in [0.05, 0.1) is 5.75 Å². The minimum atomic E-state index is -0.273. The molecule has 0 radical (unpaired) electrons. The van der Waals surface area contributed by atoms with Crippen LogP contribution in [-0.2, 0) is 7.05 Å². The van der Waals surface area contributed by atoms with E-state index in [0.29, 0.717) is 11.4 Å². The van der Waals surface area contributed by atoms with Gasteiger partial charge in [0.2, 0.25) is 0 Å². The van der Waals surface area contributed by atoms with Crippen molar-refractivity contribution in [1.82, 2.24) is 9.78 Å². The zero-order chi connectivity index (χ0) is 12.3. The molecule has 0 bridgehead atoms. The molecule has 0 fully saturated rings. The number of carbonyl (C=O) groups excluding carboxylic acids is 1. The van der Waals surface area contributed by atoms with Gasteiger partial charge in [0.15, 0.2) is 5.78 Å². The zero-order valence-corrected chi connectivity index (χ0v) is 10.1. The topological polar surface area (TPSA) is 34.9 Å². The van der Waals surface area contributed by atoms with Gasteiger partial charge in [-0.15, -0.1) is 11.8 Å². The van der Waals surface area contributed by atoms with E-state index in [4.69, 9.17) is 0 Å². The highest BCUT2D eigenvalue weighted by atomic mass is 32.2. The predicted octanol–water partition coefficient (Wildman–Crippen LogP) is 2.53. The van der Waals surface area contributed by atoms with Gasteiger partial charge >= 0.3 is 0 Å². The Morgan fingerprint density at radius 1 is 1.35 bits per heavy atom. The van der Waals surface area contributed by atoms with Crippen LogP contribution < -0.4 is 0 Å². The molecule has 0 unspecified atom stereocenters. The fraction of sp³-hybridized carbons (Fsp3) is 0.167. The number of ketones is 1. The molecule has 0 aliphatic rings. The average molecular weight is 250 g/mol. The number of hydrogen-bond acceptors (Lipinski definition) is 3. The Labute approximate surface area is 103 Å². The summed E-state index contributed by atoms with van der Waals surface area (Å²) in [7, 11) is 1.77. The third-order valence-electron chi connectivity index (χ3n) is 2.18. The molecule has 0 N–H and O–H groups in total. The zero-order valence-electron chi connectivity index (χ0n) is 9.26. The van der Waals surface area contributed by atoms with Crippen molar-refractivity contribution >= 4 is 17.5 Å². The maximum Gasteiger partial charge on any atom is 0.193 e. The number of Topliss-reactive ketones (excluding diaryl/α,β-unsaturated/α-hetero) is 1. The van der Waals surface area contributed by atoms with Gasteiger partial charge in [0.1, 0.15) is 11.5 Å². The van der Waals surface area contributed by atoms with Gasteiger partial charge < -0.3 is 0 Å². The summed E-state index contributed by atoms with van der Waals surface area (Å²) in [5.74, 6) is 0.00756. The Balaban J connectivity index is 1.94. The van der Waals surface area contributed by atoms with Crippen LogP contribution in [-0.4, -0.2) is 21.3 Å². The van der Waals surface area contributed by atoms with E-state index >= 15 is 0 Å². The number of nitrogens with zero attached hydrogens (tertiary/aromatic N) is 2. The molecule has 88 valence electrons. The second-order valence-electron chi connectivity index (χ2n) is 3.54. The number of halogens is 1. The highest BCUT2D eigenvalue weighted by molar-refractivity contribution is 8.00. The van der Waals surface area contributed by atoms with Crippen molar-refractivity contribution in [3.8, 4) is 0 Å². The van der Waals surface area contributed by atoms with Gasteiger partial charge in [0, 0.05) is 18.1 Å².